The van der Waals surface area contributed by atoms with Crippen molar-refractivity contribution in [3.8, 4) is 28.4 Å². The topological polar surface area (TPSA) is 97.4 Å². The zero-order valence-electron chi connectivity index (χ0n) is 23.0. The number of benzene rings is 3. The summed E-state index contributed by atoms with van der Waals surface area (Å²) < 4.78 is 51.4. The minimum absolute atomic E-state index is 0.00925. The number of methoxy groups -OCH3 is 1. The highest BCUT2D eigenvalue weighted by atomic mass is 32.2. The number of aryl methyl sites for hydroxylation is 1. The maximum atomic E-state index is 11.7. The van der Waals surface area contributed by atoms with Crippen LogP contribution in [0, 0.1) is 6.92 Å². The van der Waals surface area contributed by atoms with Crippen molar-refractivity contribution in [3.63, 3.8) is 0 Å². The fourth-order valence-corrected chi connectivity index (χ4v) is 5.87. The largest absolute Gasteiger partial charge is 0.494 e. The van der Waals surface area contributed by atoms with Crippen LogP contribution in [0.25, 0.3) is 11.1 Å². The molecule has 8 nitrogen and oxygen atoms in total. The number of fused-ring (bicyclic) bond motifs is 4. The van der Waals surface area contributed by atoms with Crippen LogP contribution in [-0.4, -0.2) is 46.7 Å². The first-order chi connectivity index (χ1) is 19.2. The SMILES string of the molecule is COC(=O)C[C@@H]1COc2cc(OCc3ccc4c(c3)-c3c(C)cc(OCCCS(C)(=O)=O)cc3COC4)ccc21. The fraction of sp³-hybridized carbons (Fsp3) is 0.387. The molecule has 0 saturated carbocycles. The molecule has 40 heavy (non-hydrogen) atoms. The molecule has 1 atom stereocenters. The minimum Gasteiger partial charge on any atom is -0.494 e. The van der Waals surface area contributed by atoms with Gasteiger partial charge in [0.25, 0.3) is 0 Å². The lowest BCUT2D eigenvalue weighted by Gasteiger charge is -2.16. The first-order valence-corrected chi connectivity index (χ1v) is 15.4. The van der Waals surface area contributed by atoms with Gasteiger partial charge in [-0.15, -0.1) is 0 Å². The molecule has 0 fully saturated rings. The van der Waals surface area contributed by atoms with Gasteiger partial charge in [-0.05, 0) is 71.0 Å². The molecule has 0 bridgehead atoms. The van der Waals surface area contributed by atoms with Gasteiger partial charge in [0.2, 0.25) is 0 Å². The summed E-state index contributed by atoms with van der Waals surface area (Å²) in [7, 11) is -1.61. The molecule has 0 aliphatic carbocycles. The summed E-state index contributed by atoms with van der Waals surface area (Å²) in [5, 5.41) is 0. The lowest BCUT2D eigenvalue weighted by Crippen LogP contribution is -2.09. The van der Waals surface area contributed by atoms with Crippen molar-refractivity contribution in [2.75, 3.05) is 32.3 Å². The summed E-state index contributed by atoms with van der Waals surface area (Å²) in [6.07, 6.45) is 1.97. The normalized spacial score (nSPS) is 15.7. The van der Waals surface area contributed by atoms with Gasteiger partial charge in [-0.1, -0.05) is 18.2 Å². The summed E-state index contributed by atoms with van der Waals surface area (Å²) in [5.74, 6) is 2.00. The monoisotopic (exact) mass is 566 g/mol. The van der Waals surface area contributed by atoms with Gasteiger partial charge in [-0.2, -0.15) is 0 Å². The van der Waals surface area contributed by atoms with E-state index in [1.165, 1.54) is 13.4 Å². The van der Waals surface area contributed by atoms with Crippen molar-refractivity contribution in [1.82, 2.24) is 0 Å². The van der Waals surface area contributed by atoms with E-state index in [0.29, 0.717) is 57.4 Å². The number of carbonyl (C=O) groups excluding carboxylic acids is 1. The van der Waals surface area contributed by atoms with Crippen LogP contribution in [0.1, 0.15) is 46.6 Å². The standard InChI is InChI=1S/C31H34O8S/c1-20-11-26(37-9-4-10-40(3,33)34)13-24-18-36-17-22-6-5-21(12-28(22)31(20)24)16-38-25-7-8-27-23(14-30(32)35-2)19-39-29(27)15-25/h5-8,11-13,15,23H,4,9-10,14,16-19H2,1-3H3/t23-/m1/s1. The molecule has 3 aromatic rings. The molecule has 0 amide bonds. The molecular weight excluding hydrogens is 532 g/mol. The van der Waals surface area contributed by atoms with E-state index in [0.717, 1.165) is 44.7 Å². The van der Waals surface area contributed by atoms with E-state index >= 15 is 0 Å². The third-order valence-corrected chi connectivity index (χ3v) is 8.22. The average molecular weight is 567 g/mol. The van der Waals surface area contributed by atoms with Crippen molar-refractivity contribution < 1.29 is 36.9 Å². The van der Waals surface area contributed by atoms with Crippen molar-refractivity contribution >= 4 is 15.8 Å². The van der Waals surface area contributed by atoms with E-state index in [9.17, 15) is 13.2 Å². The first-order valence-electron chi connectivity index (χ1n) is 13.3. The van der Waals surface area contributed by atoms with Crippen molar-refractivity contribution in [3.05, 3.63) is 76.3 Å². The lowest BCUT2D eigenvalue weighted by molar-refractivity contribution is -0.141. The second kappa shape index (κ2) is 11.9. The Bertz CT molecular complexity index is 1510. The Kier molecular flexibility index (Phi) is 8.32. The number of carbonyl (C=O) groups is 1. The summed E-state index contributed by atoms with van der Waals surface area (Å²) in [5.41, 5.74) is 7.46. The maximum Gasteiger partial charge on any atom is 0.306 e. The van der Waals surface area contributed by atoms with Gasteiger partial charge in [0.05, 0.1) is 45.7 Å². The van der Waals surface area contributed by atoms with Crippen molar-refractivity contribution in [2.24, 2.45) is 0 Å². The van der Waals surface area contributed by atoms with E-state index in [1.54, 1.807) is 0 Å². The molecule has 0 radical (unpaired) electrons. The summed E-state index contributed by atoms with van der Waals surface area (Å²) in [6.45, 7) is 4.19. The van der Waals surface area contributed by atoms with E-state index < -0.39 is 9.84 Å². The number of hydrogen-bond donors (Lipinski definition) is 0. The van der Waals surface area contributed by atoms with Crippen LogP contribution in [0.15, 0.2) is 48.5 Å². The smallest absolute Gasteiger partial charge is 0.306 e. The molecule has 2 aliphatic heterocycles. The molecule has 0 saturated heterocycles. The van der Waals surface area contributed by atoms with Crippen molar-refractivity contribution in [1.29, 1.82) is 0 Å². The second-order valence-electron chi connectivity index (χ2n) is 10.4. The van der Waals surface area contributed by atoms with Gasteiger partial charge in [0.1, 0.15) is 33.7 Å². The molecule has 2 heterocycles. The third-order valence-electron chi connectivity index (χ3n) is 7.19. The molecule has 5 rings (SSSR count). The van der Waals surface area contributed by atoms with Crippen LogP contribution in [-0.2, 0) is 43.9 Å². The summed E-state index contributed by atoms with van der Waals surface area (Å²) in [6, 6.07) is 16.0. The Balaban J connectivity index is 1.29. The number of esters is 1. The van der Waals surface area contributed by atoms with Crippen LogP contribution < -0.4 is 14.2 Å². The van der Waals surface area contributed by atoms with Gasteiger partial charge in [-0.25, -0.2) is 8.42 Å². The summed E-state index contributed by atoms with van der Waals surface area (Å²) in [4.78, 5) is 11.7. The number of hydrogen-bond acceptors (Lipinski definition) is 8. The number of sulfone groups is 1. The van der Waals surface area contributed by atoms with Crippen LogP contribution in [0.2, 0.25) is 0 Å². The Morgan fingerprint density at radius 1 is 1.00 bits per heavy atom. The van der Waals surface area contributed by atoms with Crippen LogP contribution in [0.4, 0.5) is 0 Å². The predicted molar refractivity (Wildman–Crippen MR) is 151 cm³/mol. The van der Waals surface area contributed by atoms with E-state index in [4.69, 9.17) is 23.7 Å². The second-order valence-corrected chi connectivity index (χ2v) is 12.6. The molecule has 9 heteroatoms. The highest BCUT2D eigenvalue weighted by molar-refractivity contribution is 7.90. The number of rotatable bonds is 10. The Morgan fingerprint density at radius 3 is 2.62 bits per heavy atom. The van der Waals surface area contributed by atoms with Gasteiger partial charge in [0, 0.05) is 23.8 Å². The maximum absolute atomic E-state index is 11.7. The zero-order chi connectivity index (χ0) is 28.3. The Labute approximate surface area is 235 Å². The highest BCUT2D eigenvalue weighted by Gasteiger charge is 2.27. The summed E-state index contributed by atoms with van der Waals surface area (Å²) >= 11 is 0. The fourth-order valence-electron chi connectivity index (χ4n) is 5.23. The molecule has 212 valence electrons. The van der Waals surface area contributed by atoms with Gasteiger partial charge < -0.3 is 23.7 Å². The minimum atomic E-state index is -3.01. The van der Waals surface area contributed by atoms with Gasteiger partial charge in [-0.3, -0.25) is 4.79 Å². The van der Waals surface area contributed by atoms with Gasteiger partial charge in [0.15, 0.2) is 0 Å². The van der Waals surface area contributed by atoms with Crippen LogP contribution >= 0.6 is 0 Å². The molecule has 2 aliphatic rings. The molecular formula is C31H34O8S. The van der Waals surface area contributed by atoms with Crippen LogP contribution in [0.3, 0.4) is 0 Å². The van der Waals surface area contributed by atoms with E-state index in [-0.39, 0.29) is 17.6 Å². The highest BCUT2D eigenvalue weighted by Crippen LogP contribution is 2.40. The average Bonchev–Trinajstić information content (AvgIpc) is 3.21. The van der Waals surface area contributed by atoms with E-state index in [1.807, 2.05) is 30.3 Å². The predicted octanol–water partition coefficient (Wildman–Crippen LogP) is 5.12. The molecule has 0 N–H and O–H groups in total. The lowest BCUT2D eigenvalue weighted by atomic mass is 9.91. The molecule has 0 aromatic heterocycles. The van der Waals surface area contributed by atoms with Gasteiger partial charge >= 0.3 is 5.97 Å². The molecule has 0 unspecified atom stereocenters. The number of ether oxygens (including phenoxy) is 5. The molecule has 3 aromatic carbocycles. The zero-order valence-corrected chi connectivity index (χ0v) is 23.8. The van der Waals surface area contributed by atoms with Crippen LogP contribution in [0.5, 0.6) is 17.2 Å². The quantitative estimate of drug-likeness (QED) is 0.246. The molecule has 0 spiro atoms. The third kappa shape index (κ3) is 6.59. The Hall–Kier alpha value is -3.56. The Morgan fingerprint density at radius 2 is 1.82 bits per heavy atom. The van der Waals surface area contributed by atoms with E-state index in [2.05, 4.69) is 25.1 Å². The first kappa shape index (κ1) is 28.0. The van der Waals surface area contributed by atoms with Crippen molar-refractivity contribution in [2.45, 2.75) is 45.5 Å².